The number of aryl methyl sites for hydroxylation is 2. The molecule has 0 aliphatic heterocycles. The Kier molecular flexibility index (Phi) is 2.66. The zero-order chi connectivity index (χ0) is 12.7. The molecule has 0 bridgehead atoms. The van der Waals surface area contributed by atoms with Crippen molar-refractivity contribution < 1.29 is 0 Å². The molecule has 0 amide bonds. The van der Waals surface area contributed by atoms with Crippen LogP contribution in [-0.4, -0.2) is 4.98 Å². The molecule has 1 aromatic heterocycles. The van der Waals surface area contributed by atoms with Crippen LogP contribution in [0.4, 0.5) is 0 Å². The van der Waals surface area contributed by atoms with E-state index in [2.05, 4.69) is 36.7 Å². The molecule has 1 aromatic carbocycles. The number of nitrogens with two attached hydrogens (primary N) is 1. The number of allylic oxidation sites excluding steroid dienone is 1. The zero-order valence-corrected chi connectivity index (χ0v) is 10.9. The van der Waals surface area contributed by atoms with Gasteiger partial charge in [-0.3, -0.25) is 0 Å². The highest BCUT2D eigenvalue weighted by atomic mass is 14.8. The predicted octanol–water partition coefficient (Wildman–Crippen LogP) is 3.76. The fourth-order valence-corrected chi connectivity index (χ4v) is 3.11. The second-order valence-corrected chi connectivity index (χ2v) is 5.44. The second-order valence-electron chi connectivity index (χ2n) is 5.44. The van der Waals surface area contributed by atoms with Gasteiger partial charge in [-0.1, -0.05) is 24.6 Å². The van der Waals surface area contributed by atoms with E-state index in [4.69, 9.17) is 5.73 Å². The summed E-state index contributed by atoms with van der Waals surface area (Å²) in [5.41, 5.74) is 12.1. The molecular formula is C16H20N2. The summed E-state index contributed by atoms with van der Waals surface area (Å²) in [7, 11) is 0. The summed E-state index contributed by atoms with van der Waals surface area (Å²) < 4.78 is 0. The minimum Gasteiger partial charge on any atom is -0.402 e. The molecule has 0 saturated heterocycles. The van der Waals surface area contributed by atoms with E-state index in [1.165, 1.54) is 40.6 Å². The minimum atomic E-state index is 0.301. The predicted molar refractivity (Wildman–Crippen MR) is 76.7 cm³/mol. The molecule has 0 saturated carbocycles. The van der Waals surface area contributed by atoms with Crippen molar-refractivity contribution in [3.8, 4) is 0 Å². The molecule has 2 aromatic rings. The lowest BCUT2D eigenvalue weighted by Crippen LogP contribution is -2.09. The van der Waals surface area contributed by atoms with Crippen LogP contribution in [-0.2, 0) is 6.42 Å². The minimum absolute atomic E-state index is 0.301. The zero-order valence-electron chi connectivity index (χ0n) is 10.9. The maximum atomic E-state index is 5.99. The van der Waals surface area contributed by atoms with E-state index in [-0.39, 0.29) is 0 Å². The molecule has 3 N–H and O–H groups in total. The number of fused-ring (bicyclic) bond motifs is 3. The van der Waals surface area contributed by atoms with Gasteiger partial charge < -0.3 is 10.7 Å². The fourth-order valence-electron chi connectivity index (χ4n) is 3.11. The summed E-state index contributed by atoms with van der Waals surface area (Å²) in [4.78, 5) is 3.57. The molecule has 2 nitrogen and oxygen atoms in total. The van der Waals surface area contributed by atoms with Gasteiger partial charge in [0.1, 0.15) is 0 Å². The topological polar surface area (TPSA) is 41.8 Å². The highest BCUT2D eigenvalue weighted by molar-refractivity contribution is 5.85. The average Bonchev–Trinajstić information content (AvgIpc) is 2.55. The molecule has 1 unspecified atom stereocenters. The number of aromatic nitrogens is 1. The average molecular weight is 240 g/mol. The van der Waals surface area contributed by atoms with E-state index in [1.807, 2.05) is 0 Å². The first-order chi connectivity index (χ1) is 8.66. The van der Waals surface area contributed by atoms with Crippen molar-refractivity contribution in [2.75, 3.05) is 0 Å². The standard InChI is InChI=1S/C16H20N2/c1-10-7-8-15-14(9-10)13-6-4-3-5-12(11(2)17)16(13)18-15/h7-9,12,18H,2-6,17H2,1H3. The number of rotatable bonds is 1. The first kappa shape index (κ1) is 11.4. The van der Waals surface area contributed by atoms with Crippen LogP contribution in [0.2, 0.25) is 0 Å². The Bertz CT molecular complexity index is 607. The second kappa shape index (κ2) is 4.20. The van der Waals surface area contributed by atoms with Crippen LogP contribution in [0.15, 0.2) is 30.5 Å². The molecular weight excluding hydrogens is 220 g/mol. The van der Waals surface area contributed by atoms with Gasteiger partial charge >= 0.3 is 0 Å². The van der Waals surface area contributed by atoms with E-state index in [1.54, 1.807) is 0 Å². The van der Waals surface area contributed by atoms with Crippen LogP contribution in [0.1, 0.15) is 42.0 Å². The molecule has 2 heteroatoms. The van der Waals surface area contributed by atoms with Gasteiger partial charge in [0, 0.05) is 28.2 Å². The van der Waals surface area contributed by atoms with Crippen LogP contribution in [0, 0.1) is 6.92 Å². The number of benzene rings is 1. The molecule has 18 heavy (non-hydrogen) atoms. The fraction of sp³-hybridized carbons (Fsp3) is 0.375. The van der Waals surface area contributed by atoms with Crippen molar-refractivity contribution in [1.29, 1.82) is 0 Å². The van der Waals surface area contributed by atoms with Gasteiger partial charge in [0.2, 0.25) is 0 Å². The number of nitrogens with one attached hydrogen (secondary N) is 1. The van der Waals surface area contributed by atoms with E-state index < -0.39 is 0 Å². The van der Waals surface area contributed by atoms with Gasteiger partial charge in [-0.05, 0) is 43.9 Å². The van der Waals surface area contributed by atoms with Crippen molar-refractivity contribution >= 4 is 10.9 Å². The van der Waals surface area contributed by atoms with Crippen LogP contribution in [0.3, 0.4) is 0 Å². The molecule has 0 fully saturated rings. The van der Waals surface area contributed by atoms with Crippen molar-refractivity contribution in [2.45, 2.75) is 38.5 Å². The van der Waals surface area contributed by atoms with Gasteiger partial charge in [-0.25, -0.2) is 0 Å². The molecule has 1 aliphatic carbocycles. The summed E-state index contributed by atoms with van der Waals surface area (Å²) in [5.74, 6) is 0.301. The first-order valence-corrected chi connectivity index (χ1v) is 6.72. The summed E-state index contributed by atoms with van der Waals surface area (Å²) in [6.07, 6.45) is 4.76. The molecule has 0 spiro atoms. The van der Waals surface area contributed by atoms with Crippen molar-refractivity contribution in [1.82, 2.24) is 4.98 Å². The monoisotopic (exact) mass is 240 g/mol. The van der Waals surface area contributed by atoms with Gasteiger partial charge in [0.25, 0.3) is 0 Å². The summed E-state index contributed by atoms with van der Waals surface area (Å²) >= 11 is 0. The summed E-state index contributed by atoms with van der Waals surface area (Å²) in [6, 6.07) is 6.62. The third-order valence-electron chi connectivity index (χ3n) is 4.06. The summed E-state index contributed by atoms with van der Waals surface area (Å²) in [5, 5.41) is 1.37. The Labute approximate surface area is 108 Å². The van der Waals surface area contributed by atoms with Gasteiger partial charge in [-0.15, -0.1) is 0 Å². The van der Waals surface area contributed by atoms with Crippen molar-refractivity contribution in [3.05, 3.63) is 47.3 Å². The van der Waals surface area contributed by atoms with Gasteiger partial charge in [-0.2, -0.15) is 0 Å². The Hall–Kier alpha value is -1.70. The van der Waals surface area contributed by atoms with Crippen molar-refractivity contribution in [3.63, 3.8) is 0 Å². The van der Waals surface area contributed by atoms with Gasteiger partial charge in [0.15, 0.2) is 0 Å². The SMILES string of the molecule is C=C(N)C1CCCCc2c1[nH]c1ccc(C)cc21. The molecule has 1 atom stereocenters. The largest absolute Gasteiger partial charge is 0.402 e. The number of H-pyrrole nitrogens is 1. The molecule has 0 radical (unpaired) electrons. The molecule has 1 aliphatic rings. The van der Waals surface area contributed by atoms with E-state index in [0.29, 0.717) is 5.92 Å². The number of aromatic amines is 1. The maximum Gasteiger partial charge on any atom is 0.0459 e. The third kappa shape index (κ3) is 1.72. The number of hydrogen-bond donors (Lipinski definition) is 2. The Morgan fingerprint density at radius 1 is 1.39 bits per heavy atom. The quantitative estimate of drug-likeness (QED) is 0.732. The Morgan fingerprint density at radius 3 is 3.00 bits per heavy atom. The smallest absolute Gasteiger partial charge is 0.0459 e. The Morgan fingerprint density at radius 2 is 2.22 bits per heavy atom. The third-order valence-corrected chi connectivity index (χ3v) is 4.06. The van der Waals surface area contributed by atoms with Crippen molar-refractivity contribution in [2.24, 2.45) is 5.73 Å². The van der Waals surface area contributed by atoms with E-state index in [0.717, 1.165) is 18.5 Å². The van der Waals surface area contributed by atoms with Crippen LogP contribution in [0.5, 0.6) is 0 Å². The van der Waals surface area contributed by atoms with Crippen LogP contribution in [0.25, 0.3) is 10.9 Å². The van der Waals surface area contributed by atoms with Crippen LogP contribution < -0.4 is 5.73 Å². The molecule has 1 heterocycles. The highest BCUT2D eigenvalue weighted by Gasteiger charge is 2.23. The lowest BCUT2D eigenvalue weighted by Gasteiger charge is -2.14. The lowest BCUT2D eigenvalue weighted by molar-refractivity contribution is 0.640. The van der Waals surface area contributed by atoms with Crippen LogP contribution >= 0.6 is 0 Å². The van der Waals surface area contributed by atoms with E-state index >= 15 is 0 Å². The molecule has 94 valence electrons. The molecule has 3 rings (SSSR count). The maximum absolute atomic E-state index is 5.99. The lowest BCUT2D eigenvalue weighted by atomic mass is 9.96. The Balaban J connectivity index is 2.24. The van der Waals surface area contributed by atoms with Gasteiger partial charge in [0.05, 0.1) is 0 Å². The summed E-state index contributed by atoms with van der Waals surface area (Å²) in [6.45, 7) is 6.11. The first-order valence-electron chi connectivity index (χ1n) is 6.72. The highest BCUT2D eigenvalue weighted by Crippen LogP contribution is 2.37. The number of hydrogen-bond acceptors (Lipinski definition) is 1. The van der Waals surface area contributed by atoms with E-state index in [9.17, 15) is 0 Å². The normalized spacial score (nSPS) is 19.5.